The molecule has 132 valence electrons. The van der Waals surface area contributed by atoms with Gasteiger partial charge in [-0.3, -0.25) is 0 Å². The Morgan fingerprint density at radius 1 is 1.46 bits per heavy atom. The molecule has 1 heterocycles. The first-order valence-electron chi connectivity index (χ1n) is 7.94. The fourth-order valence-corrected chi connectivity index (χ4v) is 2.84. The highest BCUT2D eigenvalue weighted by Gasteiger charge is 2.19. The predicted molar refractivity (Wildman–Crippen MR) is 97.1 cm³/mol. The first-order chi connectivity index (χ1) is 11.2. The van der Waals surface area contributed by atoms with Crippen LogP contribution in [0, 0.1) is 0 Å². The van der Waals surface area contributed by atoms with Crippen molar-refractivity contribution in [2.75, 3.05) is 6.61 Å². The SMILES string of the molecule is CC(Cc1nc2cc(Br)ccc2n1CCO)NC(=O)OC(C)(C)C. The quantitative estimate of drug-likeness (QED) is 0.811. The second-order valence-electron chi connectivity index (χ2n) is 6.79. The number of benzene rings is 1. The van der Waals surface area contributed by atoms with Crippen LogP contribution in [0.15, 0.2) is 22.7 Å². The van der Waals surface area contributed by atoms with Crippen molar-refractivity contribution in [3.63, 3.8) is 0 Å². The van der Waals surface area contributed by atoms with Gasteiger partial charge in [-0.05, 0) is 45.9 Å². The first kappa shape index (κ1) is 18.7. The van der Waals surface area contributed by atoms with Crippen LogP contribution in [-0.2, 0) is 17.7 Å². The van der Waals surface area contributed by atoms with Gasteiger partial charge in [0.05, 0.1) is 17.6 Å². The Labute approximate surface area is 150 Å². The molecule has 24 heavy (non-hydrogen) atoms. The molecule has 0 aliphatic heterocycles. The van der Waals surface area contributed by atoms with Crippen molar-refractivity contribution >= 4 is 33.1 Å². The van der Waals surface area contributed by atoms with Crippen molar-refractivity contribution < 1.29 is 14.6 Å². The van der Waals surface area contributed by atoms with E-state index in [1.54, 1.807) is 0 Å². The smallest absolute Gasteiger partial charge is 0.407 e. The maximum atomic E-state index is 11.9. The van der Waals surface area contributed by atoms with Gasteiger partial charge in [0.1, 0.15) is 11.4 Å². The lowest BCUT2D eigenvalue weighted by Gasteiger charge is -2.22. The fourth-order valence-electron chi connectivity index (χ4n) is 2.49. The number of aliphatic hydroxyl groups is 1. The summed E-state index contributed by atoms with van der Waals surface area (Å²) in [5.74, 6) is 0.820. The van der Waals surface area contributed by atoms with Gasteiger partial charge in [-0.1, -0.05) is 15.9 Å². The molecule has 1 atom stereocenters. The third-order valence-corrected chi connectivity index (χ3v) is 3.86. The van der Waals surface area contributed by atoms with Crippen LogP contribution in [0.3, 0.4) is 0 Å². The second kappa shape index (κ2) is 7.53. The number of aromatic nitrogens is 2. The van der Waals surface area contributed by atoms with E-state index in [-0.39, 0.29) is 12.6 Å². The molecule has 1 aromatic carbocycles. The number of amides is 1. The Balaban J connectivity index is 2.16. The summed E-state index contributed by atoms with van der Waals surface area (Å²) in [7, 11) is 0. The summed E-state index contributed by atoms with van der Waals surface area (Å²) in [6, 6.07) is 5.72. The van der Waals surface area contributed by atoms with E-state index >= 15 is 0 Å². The number of hydrogen-bond donors (Lipinski definition) is 2. The molecule has 2 N–H and O–H groups in total. The molecular formula is C17H24BrN3O3. The largest absolute Gasteiger partial charge is 0.444 e. The van der Waals surface area contributed by atoms with Crippen molar-refractivity contribution in [2.24, 2.45) is 0 Å². The number of imidazole rings is 1. The summed E-state index contributed by atoms with van der Waals surface area (Å²) >= 11 is 3.44. The number of alkyl carbamates (subject to hydrolysis) is 1. The molecular weight excluding hydrogens is 374 g/mol. The van der Waals surface area contributed by atoms with Crippen LogP contribution in [0.1, 0.15) is 33.5 Å². The molecule has 0 aliphatic rings. The summed E-state index contributed by atoms with van der Waals surface area (Å²) in [5.41, 5.74) is 1.30. The van der Waals surface area contributed by atoms with E-state index < -0.39 is 11.7 Å². The van der Waals surface area contributed by atoms with Gasteiger partial charge in [0, 0.05) is 23.5 Å². The molecule has 0 spiro atoms. The van der Waals surface area contributed by atoms with E-state index in [9.17, 15) is 9.90 Å². The zero-order valence-corrected chi connectivity index (χ0v) is 16.1. The Morgan fingerprint density at radius 3 is 2.79 bits per heavy atom. The van der Waals surface area contributed by atoms with E-state index in [0.717, 1.165) is 21.3 Å². The van der Waals surface area contributed by atoms with Crippen molar-refractivity contribution in [3.05, 3.63) is 28.5 Å². The lowest BCUT2D eigenvalue weighted by Crippen LogP contribution is -2.39. The number of halogens is 1. The monoisotopic (exact) mass is 397 g/mol. The summed E-state index contributed by atoms with van der Waals surface area (Å²) in [6.07, 6.45) is 0.105. The van der Waals surface area contributed by atoms with Gasteiger partial charge in [0.2, 0.25) is 0 Å². The Hall–Kier alpha value is -1.60. The molecule has 1 amide bonds. The summed E-state index contributed by atoms with van der Waals surface area (Å²) in [6.45, 7) is 7.89. The number of carbonyl (C=O) groups excluding carboxylic acids is 1. The van der Waals surface area contributed by atoms with E-state index in [1.807, 2.05) is 50.5 Å². The summed E-state index contributed by atoms with van der Waals surface area (Å²) < 4.78 is 8.21. The van der Waals surface area contributed by atoms with Crippen molar-refractivity contribution in [1.29, 1.82) is 0 Å². The number of ether oxygens (including phenoxy) is 1. The van der Waals surface area contributed by atoms with Gasteiger partial charge in [-0.25, -0.2) is 9.78 Å². The van der Waals surface area contributed by atoms with E-state index in [2.05, 4.69) is 26.2 Å². The van der Waals surface area contributed by atoms with Crippen molar-refractivity contribution in [3.8, 4) is 0 Å². The van der Waals surface area contributed by atoms with Crippen molar-refractivity contribution in [1.82, 2.24) is 14.9 Å². The van der Waals surface area contributed by atoms with E-state index in [4.69, 9.17) is 4.74 Å². The number of fused-ring (bicyclic) bond motifs is 1. The van der Waals surface area contributed by atoms with E-state index in [1.165, 1.54) is 0 Å². The molecule has 0 bridgehead atoms. The van der Waals surface area contributed by atoms with E-state index in [0.29, 0.717) is 13.0 Å². The first-order valence-corrected chi connectivity index (χ1v) is 8.74. The van der Waals surface area contributed by atoms with Crippen LogP contribution < -0.4 is 5.32 Å². The molecule has 2 rings (SSSR count). The van der Waals surface area contributed by atoms with Gasteiger partial charge in [-0.2, -0.15) is 0 Å². The maximum Gasteiger partial charge on any atom is 0.407 e. The predicted octanol–water partition coefficient (Wildman–Crippen LogP) is 3.25. The number of hydrogen-bond acceptors (Lipinski definition) is 4. The van der Waals surface area contributed by atoms with Crippen molar-refractivity contribution in [2.45, 2.75) is 52.3 Å². The molecule has 1 unspecified atom stereocenters. The van der Waals surface area contributed by atoms with Crippen LogP contribution in [0.2, 0.25) is 0 Å². The van der Waals surface area contributed by atoms with Crippen LogP contribution in [0.25, 0.3) is 11.0 Å². The fraction of sp³-hybridized carbons (Fsp3) is 0.529. The number of aliphatic hydroxyl groups excluding tert-OH is 1. The lowest BCUT2D eigenvalue weighted by atomic mass is 10.2. The minimum absolute atomic E-state index is 0.0302. The molecule has 2 aromatic rings. The molecule has 0 saturated heterocycles. The second-order valence-corrected chi connectivity index (χ2v) is 7.70. The highest BCUT2D eigenvalue weighted by molar-refractivity contribution is 9.10. The molecule has 0 aliphatic carbocycles. The molecule has 0 fully saturated rings. The van der Waals surface area contributed by atoms with Crippen LogP contribution in [-0.4, -0.2) is 39.0 Å². The third-order valence-electron chi connectivity index (χ3n) is 3.36. The topological polar surface area (TPSA) is 76.4 Å². The summed E-state index contributed by atoms with van der Waals surface area (Å²) in [4.78, 5) is 16.5. The van der Waals surface area contributed by atoms with Gasteiger partial charge in [0.25, 0.3) is 0 Å². The van der Waals surface area contributed by atoms with Crippen LogP contribution in [0.5, 0.6) is 0 Å². The Morgan fingerprint density at radius 2 is 2.17 bits per heavy atom. The number of carbonyl (C=O) groups is 1. The normalized spacial score (nSPS) is 13.1. The average molecular weight is 398 g/mol. The minimum atomic E-state index is -0.528. The molecule has 7 heteroatoms. The Bertz CT molecular complexity index is 722. The van der Waals surface area contributed by atoms with Gasteiger partial charge in [-0.15, -0.1) is 0 Å². The highest BCUT2D eigenvalue weighted by Crippen LogP contribution is 2.21. The number of nitrogens with zero attached hydrogens (tertiary/aromatic N) is 2. The molecule has 6 nitrogen and oxygen atoms in total. The summed E-state index contributed by atoms with van der Waals surface area (Å²) in [5, 5.41) is 12.2. The van der Waals surface area contributed by atoms with Crippen LogP contribution >= 0.6 is 15.9 Å². The van der Waals surface area contributed by atoms with Crippen LogP contribution in [0.4, 0.5) is 4.79 Å². The minimum Gasteiger partial charge on any atom is -0.444 e. The number of rotatable bonds is 5. The molecule has 0 radical (unpaired) electrons. The maximum absolute atomic E-state index is 11.9. The Kier molecular flexibility index (Phi) is 5.87. The third kappa shape index (κ3) is 4.95. The van der Waals surface area contributed by atoms with Gasteiger partial charge >= 0.3 is 6.09 Å². The zero-order chi connectivity index (χ0) is 17.9. The molecule has 0 saturated carbocycles. The van der Waals surface area contributed by atoms with Gasteiger partial charge < -0.3 is 19.7 Å². The highest BCUT2D eigenvalue weighted by atomic mass is 79.9. The lowest BCUT2D eigenvalue weighted by molar-refractivity contribution is 0.0508. The average Bonchev–Trinajstić information content (AvgIpc) is 2.73. The zero-order valence-electron chi connectivity index (χ0n) is 14.5. The molecule has 1 aromatic heterocycles. The van der Waals surface area contributed by atoms with Gasteiger partial charge in [0.15, 0.2) is 0 Å². The standard InChI is InChI=1S/C17H24BrN3O3/c1-11(19-16(23)24-17(2,3)4)9-15-20-13-10-12(18)5-6-14(13)21(15)7-8-22/h5-6,10-11,22H,7-9H2,1-4H3,(H,19,23). The number of nitrogens with one attached hydrogen (secondary N) is 1.